The average molecular weight is 569 g/mol. The summed E-state index contributed by atoms with van der Waals surface area (Å²) in [6.07, 6.45) is 8.45. The third-order valence-corrected chi connectivity index (χ3v) is 8.97. The number of carbonyl (C=O) groups excluding carboxylic acids is 3. The Labute approximate surface area is 242 Å². The molecule has 4 aliphatic rings. The summed E-state index contributed by atoms with van der Waals surface area (Å²) >= 11 is 0. The molecule has 3 atom stereocenters. The first-order valence-corrected chi connectivity index (χ1v) is 14.1. The van der Waals surface area contributed by atoms with Crippen molar-refractivity contribution in [3.05, 3.63) is 93.8 Å². The van der Waals surface area contributed by atoms with Gasteiger partial charge in [-0.2, -0.15) is 0 Å². The van der Waals surface area contributed by atoms with Gasteiger partial charge in [-0.15, -0.1) is 0 Å². The van der Waals surface area contributed by atoms with E-state index < -0.39 is 52.0 Å². The molecule has 0 saturated heterocycles. The summed E-state index contributed by atoms with van der Waals surface area (Å²) in [4.78, 5) is 38.2. The highest BCUT2D eigenvalue weighted by Crippen LogP contribution is 2.53. The van der Waals surface area contributed by atoms with Crippen LogP contribution in [0.15, 0.2) is 77.1 Å². The van der Waals surface area contributed by atoms with Crippen molar-refractivity contribution >= 4 is 23.2 Å². The molecular weight excluding hydrogens is 536 g/mol. The van der Waals surface area contributed by atoms with Crippen LogP contribution in [0.3, 0.4) is 0 Å². The maximum Gasteiger partial charge on any atom is 0.255 e. The minimum atomic E-state index is -2.58. The molecule has 2 aromatic rings. The van der Waals surface area contributed by atoms with E-state index >= 15 is 0 Å². The van der Waals surface area contributed by atoms with E-state index in [1.807, 2.05) is 24.3 Å². The molecule has 1 fully saturated rings. The molecule has 0 radical (unpaired) electrons. The van der Waals surface area contributed by atoms with E-state index in [0.717, 1.165) is 36.1 Å². The molecule has 1 amide bonds. The monoisotopic (exact) mass is 568 g/mol. The summed E-state index contributed by atoms with van der Waals surface area (Å²) in [6, 6.07) is 11.2. The number of Topliss-reactive ketones (excluding diaryl/α,β-unsaturated/α-hetero) is 2. The first-order chi connectivity index (χ1) is 20.1. The number of allylic oxidation sites excluding steroid dienone is 3. The van der Waals surface area contributed by atoms with Gasteiger partial charge in [-0.25, -0.2) is 0 Å². The van der Waals surface area contributed by atoms with Crippen LogP contribution >= 0.6 is 0 Å². The summed E-state index contributed by atoms with van der Waals surface area (Å²) < 4.78 is 0. The highest BCUT2D eigenvalue weighted by atomic mass is 16.3. The van der Waals surface area contributed by atoms with Crippen molar-refractivity contribution in [2.45, 2.75) is 44.2 Å². The van der Waals surface area contributed by atoms with Crippen LogP contribution in [-0.2, 0) is 27.3 Å². The van der Waals surface area contributed by atoms with Crippen LogP contribution in [0.5, 0.6) is 5.75 Å². The number of aliphatic hydroxyl groups is 3. The maximum atomic E-state index is 13.7. The summed E-state index contributed by atoms with van der Waals surface area (Å²) in [5.74, 6) is -6.38. The second-order valence-corrected chi connectivity index (χ2v) is 11.5. The van der Waals surface area contributed by atoms with Gasteiger partial charge in [-0.05, 0) is 66.0 Å². The zero-order chi connectivity index (χ0) is 29.8. The van der Waals surface area contributed by atoms with E-state index in [-0.39, 0.29) is 36.1 Å². The number of fused-ring (bicyclic) bond motifs is 3. The maximum absolute atomic E-state index is 13.7. The molecule has 6 rings (SSSR count). The zero-order valence-electron chi connectivity index (χ0n) is 22.9. The number of hydrogen-bond acceptors (Lipinski definition) is 8. The number of amides is 1. The predicted molar refractivity (Wildman–Crippen MR) is 155 cm³/mol. The third kappa shape index (κ3) is 4.36. The number of phenolic OH excluding ortho intramolecular Hbond substituents is 1. The van der Waals surface area contributed by atoms with E-state index in [1.54, 1.807) is 6.07 Å². The lowest BCUT2D eigenvalue weighted by Crippen LogP contribution is -2.58. The van der Waals surface area contributed by atoms with Crippen LogP contribution in [0, 0.1) is 11.8 Å². The van der Waals surface area contributed by atoms with Gasteiger partial charge in [0.2, 0.25) is 5.78 Å². The van der Waals surface area contributed by atoms with E-state index in [9.17, 15) is 34.8 Å². The smallest absolute Gasteiger partial charge is 0.255 e. The number of primary amides is 1. The number of nitrogens with one attached hydrogen (secondary N) is 1. The SMILES string of the molecule is NC(=O)C1=C(O)[C@@]2(O)C(=O)C3=C(O)c4c(O)ccc(-c5cccc(CNCC6=CC=CCC6)c5)c4C[C@H]3C[C@H]2CC1=O. The first kappa shape index (κ1) is 27.7. The van der Waals surface area contributed by atoms with Gasteiger partial charge in [0.1, 0.15) is 22.8 Å². The van der Waals surface area contributed by atoms with Crippen LogP contribution in [0.1, 0.15) is 42.4 Å². The molecule has 1 saturated carbocycles. The Balaban J connectivity index is 1.36. The molecule has 0 aliphatic heterocycles. The number of nitrogens with two attached hydrogens (primary N) is 1. The van der Waals surface area contributed by atoms with E-state index in [4.69, 9.17) is 5.73 Å². The van der Waals surface area contributed by atoms with Crippen LogP contribution < -0.4 is 11.1 Å². The van der Waals surface area contributed by atoms with Gasteiger partial charge in [0.25, 0.3) is 5.91 Å². The highest BCUT2D eigenvalue weighted by molar-refractivity contribution is 6.22. The molecule has 0 bridgehead atoms. The molecule has 2 aromatic carbocycles. The number of carbonyl (C=O) groups is 3. The fourth-order valence-corrected chi connectivity index (χ4v) is 6.91. The van der Waals surface area contributed by atoms with E-state index in [0.29, 0.717) is 12.1 Å². The lowest BCUT2D eigenvalue weighted by molar-refractivity contribution is -0.147. The van der Waals surface area contributed by atoms with Crippen molar-refractivity contribution in [1.82, 2.24) is 5.32 Å². The van der Waals surface area contributed by atoms with E-state index in [1.165, 1.54) is 11.6 Å². The first-order valence-electron chi connectivity index (χ1n) is 14.1. The summed E-state index contributed by atoms with van der Waals surface area (Å²) in [6.45, 7) is 1.45. The van der Waals surface area contributed by atoms with Gasteiger partial charge in [0.15, 0.2) is 11.4 Å². The Hall–Kier alpha value is -4.47. The molecule has 0 heterocycles. The third-order valence-electron chi connectivity index (χ3n) is 8.97. The van der Waals surface area contributed by atoms with Crippen LogP contribution in [0.4, 0.5) is 0 Å². The molecule has 0 unspecified atom stereocenters. The van der Waals surface area contributed by atoms with Gasteiger partial charge in [-0.3, -0.25) is 14.4 Å². The number of rotatable bonds is 6. The minimum absolute atomic E-state index is 0.0837. The second-order valence-electron chi connectivity index (χ2n) is 11.5. The fraction of sp³-hybridized carbons (Fsp3) is 0.303. The van der Waals surface area contributed by atoms with Gasteiger partial charge in [-0.1, -0.05) is 48.1 Å². The Bertz CT molecular complexity index is 1660. The fourth-order valence-electron chi connectivity index (χ4n) is 6.91. The normalized spacial score (nSPS) is 25.1. The summed E-state index contributed by atoms with van der Waals surface area (Å²) in [7, 11) is 0. The molecule has 7 N–H and O–H groups in total. The van der Waals surface area contributed by atoms with Crippen molar-refractivity contribution in [2.24, 2.45) is 17.6 Å². The molecule has 9 nitrogen and oxygen atoms in total. The largest absolute Gasteiger partial charge is 0.508 e. The summed E-state index contributed by atoms with van der Waals surface area (Å²) in [5.41, 5.74) is 6.52. The zero-order valence-corrected chi connectivity index (χ0v) is 22.9. The Morgan fingerprint density at radius 2 is 1.88 bits per heavy atom. The lowest BCUT2D eigenvalue weighted by Gasteiger charge is -2.46. The van der Waals surface area contributed by atoms with Crippen molar-refractivity contribution in [2.75, 3.05) is 6.54 Å². The van der Waals surface area contributed by atoms with Crippen molar-refractivity contribution in [1.29, 1.82) is 0 Å². The van der Waals surface area contributed by atoms with Gasteiger partial charge < -0.3 is 31.5 Å². The quantitative estimate of drug-likeness (QED) is 0.288. The van der Waals surface area contributed by atoms with Crippen LogP contribution in [0.25, 0.3) is 16.9 Å². The number of hydrogen-bond donors (Lipinski definition) is 6. The van der Waals surface area contributed by atoms with Crippen molar-refractivity contribution in [3.63, 3.8) is 0 Å². The van der Waals surface area contributed by atoms with Crippen molar-refractivity contribution in [3.8, 4) is 16.9 Å². The van der Waals surface area contributed by atoms with Gasteiger partial charge >= 0.3 is 0 Å². The summed E-state index contributed by atoms with van der Waals surface area (Å²) in [5, 5.41) is 47.9. The van der Waals surface area contributed by atoms with Crippen molar-refractivity contribution < 1.29 is 34.8 Å². The number of aromatic hydroxyl groups is 1. The average Bonchev–Trinajstić information content (AvgIpc) is 2.95. The topological polar surface area (TPSA) is 170 Å². The molecule has 216 valence electrons. The molecule has 42 heavy (non-hydrogen) atoms. The molecular formula is C33H32N2O7. The van der Waals surface area contributed by atoms with E-state index in [2.05, 4.69) is 23.5 Å². The highest BCUT2D eigenvalue weighted by Gasteiger charge is 2.60. The molecule has 0 spiro atoms. The minimum Gasteiger partial charge on any atom is -0.508 e. The predicted octanol–water partition coefficient (Wildman–Crippen LogP) is 3.46. The number of ketones is 2. The molecule has 9 heteroatoms. The Morgan fingerprint density at radius 3 is 2.62 bits per heavy atom. The standard InChI is InChI=1S/C33H32N2O7/c34-32(41)28-25(37)14-21-12-20-13-23-22(19-8-4-7-18(11-19)16-35-15-17-5-2-1-3-6-17)9-10-24(36)27(23)29(38)26(20)30(39)33(21,42)31(28)40/h1-2,4-5,7-11,20-21,35-36,38,40,42H,3,6,12-16H2,(H2,34,41)/t20-,21+,33+/m1/s1. The number of phenols is 1. The number of aliphatic hydroxyl groups excluding tert-OH is 2. The Kier molecular flexibility index (Phi) is 6.87. The number of benzene rings is 2. The Morgan fingerprint density at radius 1 is 1.07 bits per heavy atom. The van der Waals surface area contributed by atoms with Crippen LogP contribution in [-0.4, -0.2) is 50.0 Å². The van der Waals surface area contributed by atoms with Crippen LogP contribution in [0.2, 0.25) is 0 Å². The molecule has 0 aromatic heterocycles. The molecule has 4 aliphatic carbocycles. The second kappa shape index (κ2) is 10.4. The van der Waals surface area contributed by atoms with Gasteiger partial charge in [0.05, 0.1) is 5.56 Å². The lowest BCUT2D eigenvalue weighted by atomic mass is 9.59. The van der Waals surface area contributed by atoms with Gasteiger partial charge in [0, 0.05) is 31.0 Å².